The number of carbonyl (C=O) groups is 1. The Labute approximate surface area is 86.7 Å². The lowest BCUT2D eigenvalue weighted by atomic mass is 10.2. The van der Waals surface area contributed by atoms with Gasteiger partial charge >= 0.3 is 5.97 Å². The maximum absolute atomic E-state index is 10.7. The van der Waals surface area contributed by atoms with Crippen molar-refractivity contribution < 1.29 is 14.3 Å². The molecule has 4 nitrogen and oxygen atoms in total. The molecule has 1 aromatic heterocycles. The highest BCUT2D eigenvalue weighted by Crippen LogP contribution is 2.09. The first-order valence-corrected chi connectivity index (χ1v) is 5.64. The fourth-order valence-electron chi connectivity index (χ4n) is 1.04. The van der Waals surface area contributed by atoms with Crippen molar-refractivity contribution in [2.75, 3.05) is 18.6 Å². The summed E-state index contributed by atoms with van der Waals surface area (Å²) in [5, 5.41) is 11.9. The standard InChI is InChI=1S/C9H13NO3S/c1-14-5-3-10-6-8-7(9(11)12)2-4-13-8/h2,4,10H,3,5-6H2,1H3,(H,11,12). The monoisotopic (exact) mass is 215 g/mol. The molecule has 1 aromatic rings. The number of rotatable bonds is 6. The van der Waals surface area contributed by atoms with Gasteiger partial charge in [0, 0.05) is 12.3 Å². The minimum Gasteiger partial charge on any atom is -0.478 e. The van der Waals surface area contributed by atoms with Gasteiger partial charge in [0.05, 0.1) is 12.8 Å². The lowest BCUT2D eigenvalue weighted by Gasteiger charge is -2.01. The number of nitrogens with one attached hydrogen (secondary N) is 1. The van der Waals surface area contributed by atoms with Crippen LogP contribution in [0.5, 0.6) is 0 Å². The van der Waals surface area contributed by atoms with Crippen molar-refractivity contribution in [3.05, 3.63) is 23.7 Å². The second-order valence-electron chi connectivity index (χ2n) is 2.73. The second kappa shape index (κ2) is 5.72. The van der Waals surface area contributed by atoms with Gasteiger partial charge in [0.1, 0.15) is 11.3 Å². The van der Waals surface area contributed by atoms with Crippen molar-refractivity contribution in [1.29, 1.82) is 0 Å². The summed E-state index contributed by atoms with van der Waals surface area (Å²) < 4.78 is 5.06. The predicted octanol–water partition coefficient (Wildman–Crippen LogP) is 1.43. The number of aromatic carboxylic acids is 1. The van der Waals surface area contributed by atoms with Gasteiger partial charge in [0.15, 0.2) is 0 Å². The molecule has 0 saturated heterocycles. The van der Waals surface area contributed by atoms with E-state index in [9.17, 15) is 4.79 Å². The number of furan rings is 1. The number of carboxylic acids is 1. The van der Waals surface area contributed by atoms with Gasteiger partial charge in [0.25, 0.3) is 0 Å². The summed E-state index contributed by atoms with van der Waals surface area (Å²) in [6.45, 7) is 1.32. The fourth-order valence-corrected chi connectivity index (χ4v) is 1.39. The molecule has 0 aliphatic rings. The van der Waals surface area contributed by atoms with Gasteiger partial charge < -0.3 is 14.8 Å². The van der Waals surface area contributed by atoms with E-state index in [1.54, 1.807) is 11.8 Å². The smallest absolute Gasteiger partial charge is 0.339 e. The third kappa shape index (κ3) is 3.08. The predicted molar refractivity (Wildman–Crippen MR) is 55.8 cm³/mol. The number of hydrogen-bond acceptors (Lipinski definition) is 4. The first kappa shape index (κ1) is 11.1. The van der Waals surface area contributed by atoms with E-state index in [0.29, 0.717) is 12.3 Å². The van der Waals surface area contributed by atoms with Crippen molar-refractivity contribution in [1.82, 2.24) is 5.32 Å². The average molecular weight is 215 g/mol. The van der Waals surface area contributed by atoms with Crippen molar-refractivity contribution >= 4 is 17.7 Å². The van der Waals surface area contributed by atoms with E-state index in [2.05, 4.69) is 5.32 Å². The van der Waals surface area contributed by atoms with Crippen LogP contribution in [0.25, 0.3) is 0 Å². The molecule has 1 rings (SSSR count). The highest BCUT2D eigenvalue weighted by molar-refractivity contribution is 7.98. The first-order chi connectivity index (χ1) is 6.75. The van der Waals surface area contributed by atoms with Gasteiger partial charge in [-0.1, -0.05) is 0 Å². The zero-order valence-corrected chi connectivity index (χ0v) is 8.76. The molecule has 0 fully saturated rings. The third-order valence-electron chi connectivity index (χ3n) is 1.74. The quantitative estimate of drug-likeness (QED) is 0.703. The van der Waals surface area contributed by atoms with Crippen LogP contribution in [0.15, 0.2) is 16.7 Å². The molecule has 0 amide bonds. The fraction of sp³-hybridized carbons (Fsp3) is 0.444. The Hall–Kier alpha value is -0.940. The van der Waals surface area contributed by atoms with Crippen molar-refractivity contribution in [3.63, 3.8) is 0 Å². The highest BCUT2D eigenvalue weighted by Gasteiger charge is 2.11. The molecule has 1 heterocycles. The Kier molecular flexibility index (Phi) is 4.55. The van der Waals surface area contributed by atoms with Crippen molar-refractivity contribution in [2.24, 2.45) is 0 Å². The van der Waals surface area contributed by atoms with Crippen LogP contribution < -0.4 is 5.32 Å². The van der Waals surface area contributed by atoms with Crippen LogP contribution >= 0.6 is 11.8 Å². The summed E-state index contributed by atoms with van der Waals surface area (Å²) in [5.41, 5.74) is 0.238. The molecule has 0 aliphatic carbocycles. The van der Waals surface area contributed by atoms with Crippen molar-refractivity contribution in [2.45, 2.75) is 6.54 Å². The minimum absolute atomic E-state index is 0.238. The summed E-state index contributed by atoms with van der Waals surface area (Å²) >= 11 is 1.74. The number of carboxylic acid groups (broad SMARTS) is 1. The number of thioether (sulfide) groups is 1. The zero-order chi connectivity index (χ0) is 10.4. The van der Waals surface area contributed by atoms with Gasteiger partial charge in [-0.2, -0.15) is 11.8 Å². The summed E-state index contributed by atoms with van der Waals surface area (Å²) in [4.78, 5) is 10.7. The van der Waals surface area contributed by atoms with Gasteiger partial charge in [-0.3, -0.25) is 0 Å². The summed E-state index contributed by atoms with van der Waals surface area (Å²) in [6, 6.07) is 1.47. The largest absolute Gasteiger partial charge is 0.478 e. The lowest BCUT2D eigenvalue weighted by Crippen LogP contribution is -2.17. The van der Waals surface area contributed by atoms with Gasteiger partial charge in [-0.05, 0) is 12.3 Å². The molecular formula is C9H13NO3S. The van der Waals surface area contributed by atoms with Crippen LogP contribution in [0, 0.1) is 0 Å². The lowest BCUT2D eigenvalue weighted by molar-refractivity contribution is 0.0694. The molecule has 5 heteroatoms. The average Bonchev–Trinajstić information content (AvgIpc) is 2.60. The van der Waals surface area contributed by atoms with Gasteiger partial charge in [-0.15, -0.1) is 0 Å². The Bertz CT molecular complexity index is 298. The second-order valence-corrected chi connectivity index (χ2v) is 3.72. The molecule has 0 spiro atoms. The molecule has 14 heavy (non-hydrogen) atoms. The third-order valence-corrected chi connectivity index (χ3v) is 2.36. The topological polar surface area (TPSA) is 62.5 Å². The van der Waals surface area contributed by atoms with E-state index in [1.165, 1.54) is 12.3 Å². The van der Waals surface area contributed by atoms with E-state index in [1.807, 2.05) is 6.26 Å². The summed E-state index contributed by atoms with van der Waals surface area (Å²) in [7, 11) is 0. The summed E-state index contributed by atoms with van der Waals surface area (Å²) in [5.74, 6) is 0.544. The molecule has 0 atom stereocenters. The Morgan fingerprint density at radius 1 is 1.71 bits per heavy atom. The first-order valence-electron chi connectivity index (χ1n) is 4.25. The summed E-state index contributed by atoms with van der Waals surface area (Å²) in [6.07, 6.45) is 3.42. The molecule has 2 N–H and O–H groups in total. The Morgan fingerprint density at radius 3 is 3.14 bits per heavy atom. The molecule has 0 aromatic carbocycles. The van der Waals surface area contributed by atoms with Crippen LogP contribution in [0.3, 0.4) is 0 Å². The van der Waals surface area contributed by atoms with E-state index in [0.717, 1.165) is 12.3 Å². The highest BCUT2D eigenvalue weighted by atomic mass is 32.2. The SMILES string of the molecule is CSCCNCc1occc1C(=O)O. The number of hydrogen-bond donors (Lipinski definition) is 2. The Morgan fingerprint density at radius 2 is 2.50 bits per heavy atom. The van der Waals surface area contributed by atoms with E-state index in [-0.39, 0.29) is 5.56 Å². The van der Waals surface area contributed by atoms with Crippen LogP contribution in [0.2, 0.25) is 0 Å². The van der Waals surface area contributed by atoms with Crippen LogP contribution in [-0.2, 0) is 6.54 Å². The van der Waals surface area contributed by atoms with E-state index < -0.39 is 5.97 Å². The van der Waals surface area contributed by atoms with Crippen LogP contribution in [0.1, 0.15) is 16.1 Å². The molecule has 78 valence electrons. The maximum atomic E-state index is 10.7. The van der Waals surface area contributed by atoms with Crippen LogP contribution in [0.4, 0.5) is 0 Å². The molecule has 0 unspecified atom stereocenters. The maximum Gasteiger partial charge on any atom is 0.339 e. The van der Waals surface area contributed by atoms with E-state index >= 15 is 0 Å². The molecule has 0 aliphatic heterocycles. The molecule has 0 bridgehead atoms. The van der Waals surface area contributed by atoms with Crippen molar-refractivity contribution in [3.8, 4) is 0 Å². The van der Waals surface area contributed by atoms with Crippen LogP contribution in [-0.4, -0.2) is 29.6 Å². The minimum atomic E-state index is -0.944. The zero-order valence-electron chi connectivity index (χ0n) is 7.95. The molecular weight excluding hydrogens is 202 g/mol. The van der Waals surface area contributed by atoms with Gasteiger partial charge in [-0.25, -0.2) is 4.79 Å². The van der Waals surface area contributed by atoms with E-state index in [4.69, 9.17) is 9.52 Å². The molecule has 0 radical (unpaired) electrons. The molecule has 0 saturated carbocycles. The Balaban J connectivity index is 2.42. The normalized spacial score (nSPS) is 10.4. The van der Waals surface area contributed by atoms with Gasteiger partial charge in [0.2, 0.25) is 0 Å².